The molecule has 0 aromatic heterocycles. The van der Waals surface area contributed by atoms with Gasteiger partial charge in [0.15, 0.2) is 0 Å². The van der Waals surface area contributed by atoms with Gasteiger partial charge in [0.1, 0.15) is 0 Å². The number of aliphatic hydroxyl groups excluding tert-OH is 1. The van der Waals surface area contributed by atoms with Crippen LogP contribution in [-0.2, 0) is 6.42 Å². The Labute approximate surface area is 109 Å². The predicted octanol–water partition coefficient (Wildman–Crippen LogP) is -1.09. The van der Waals surface area contributed by atoms with Crippen LogP contribution in [0.3, 0.4) is 0 Å². The standard InChI is InChI=1S/C8H10NO.K/c9-8-3-1-7(2-4-8)5-6-10;/h1-4,9-10H,5-6H2;/q-1;+1. The molecule has 1 aromatic rings. The maximum Gasteiger partial charge on any atom is 1.00 e. The van der Waals surface area contributed by atoms with E-state index in [0.717, 1.165) is 5.56 Å². The molecule has 11 heavy (non-hydrogen) atoms. The van der Waals surface area contributed by atoms with Gasteiger partial charge in [-0.15, -0.1) is 5.69 Å². The van der Waals surface area contributed by atoms with Crippen molar-refractivity contribution in [3.63, 3.8) is 0 Å². The van der Waals surface area contributed by atoms with Crippen molar-refractivity contribution >= 4 is 5.69 Å². The second-order valence-corrected chi connectivity index (χ2v) is 2.17. The minimum Gasteiger partial charge on any atom is -0.699 e. The minimum absolute atomic E-state index is 0. The maximum atomic E-state index is 8.54. The summed E-state index contributed by atoms with van der Waals surface area (Å²) in [6.07, 6.45) is 0.681. The van der Waals surface area contributed by atoms with Gasteiger partial charge in [0.2, 0.25) is 0 Å². The van der Waals surface area contributed by atoms with Crippen LogP contribution >= 0.6 is 0 Å². The summed E-state index contributed by atoms with van der Waals surface area (Å²) in [5, 5.41) is 8.54. The Bertz CT molecular complexity index is 198. The molecule has 0 unspecified atom stereocenters. The second-order valence-electron chi connectivity index (χ2n) is 2.17. The van der Waals surface area contributed by atoms with Crippen LogP contribution in [0.4, 0.5) is 5.69 Å². The summed E-state index contributed by atoms with van der Waals surface area (Å²) in [6, 6.07) is 7.17. The predicted molar refractivity (Wildman–Crippen MR) is 41.2 cm³/mol. The van der Waals surface area contributed by atoms with Gasteiger partial charge in [0.05, 0.1) is 0 Å². The molecular formula is C8H10KNO. The molecule has 0 fully saturated rings. The van der Waals surface area contributed by atoms with Crippen molar-refractivity contribution < 1.29 is 56.5 Å². The van der Waals surface area contributed by atoms with E-state index in [-0.39, 0.29) is 58.0 Å². The Morgan fingerprint density at radius 2 is 1.73 bits per heavy atom. The topological polar surface area (TPSA) is 44.0 Å². The molecule has 0 saturated heterocycles. The van der Waals surface area contributed by atoms with Crippen molar-refractivity contribution in [2.24, 2.45) is 0 Å². The molecule has 0 aliphatic rings. The van der Waals surface area contributed by atoms with Crippen molar-refractivity contribution in [3.8, 4) is 0 Å². The van der Waals surface area contributed by atoms with E-state index in [1.165, 1.54) is 0 Å². The Morgan fingerprint density at radius 1 is 1.18 bits per heavy atom. The fourth-order valence-corrected chi connectivity index (χ4v) is 0.801. The summed E-state index contributed by atoms with van der Waals surface area (Å²) in [7, 11) is 0. The molecule has 0 atom stereocenters. The first-order chi connectivity index (χ1) is 4.83. The zero-order valence-electron chi connectivity index (χ0n) is 6.67. The third-order valence-electron chi connectivity index (χ3n) is 1.35. The molecule has 1 aromatic carbocycles. The van der Waals surface area contributed by atoms with E-state index in [1.807, 2.05) is 12.1 Å². The molecule has 2 N–H and O–H groups in total. The van der Waals surface area contributed by atoms with Gasteiger partial charge in [-0.1, -0.05) is 24.3 Å². The fourth-order valence-electron chi connectivity index (χ4n) is 0.801. The van der Waals surface area contributed by atoms with E-state index < -0.39 is 0 Å². The summed E-state index contributed by atoms with van der Waals surface area (Å²) < 4.78 is 0. The maximum absolute atomic E-state index is 8.54. The van der Waals surface area contributed by atoms with E-state index >= 15 is 0 Å². The van der Waals surface area contributed by atoms with Gasteiger partial charge < -0.3 is 10.8 Å². The molecule has 2 nitrogen and oxygen atoms in total. The zero-order chi connectivity index (χ0) is 7.40. The smallest absolute Gasteiger partial charge is 0.699 e. The first-order valence-corrected chi connectivity index (χ1v) is 3.24. The van der Waals surface area contributed by atoms with E-state index in [9.17, 15) is 0 Å². The summed E-state index contributed by atoms with van der Waals surface area (Å²) in [5.41, 5.74) is 8.76. The van der Waals surface area contributed by atoms with Gasteiger partial charge in [-0.3, -0.25) is 0 Å². The molecule has 0 spiro atoms. The van der Waals surface area contributed by atoms with Crippen LogP contribution < -0.4 is 51.4 Å². The van der Waals surface area contributed by atoms with Gasteiger partial charge in [-0.2, -0.15) is 0 Å². The Hall–Kier alpha value is 0.616. The SMILES string of the molecule is [K+].[NH-]c1ccc(CCO)cc1. The molecule has 0 bridgehead atoms. The number of hydrogen-bond donors (Lipinski definition) is 1. The van der Waals surface area contributed by atoms with Crippen LogP contribution in [0.15, 0.2) is 24.3 Å². The second kappa shape index (κ2) is 6.17. The molecule has 3 heteroatoms. The first-order valence-electron chi connectivity index (χ1n) is 3.24. The van der Waals surface area contributed by atoms with Gasteiger partial charge in [-0.25, -0.2) is 0 Å². The number of benzene rings is 1. The van der Waals surface area contributed by atoms with Crippen LogP contribution in [0.5, 0.6) is 0 Å². The van der Waals surface area contributed by atoms with Crippen molar-refractivity contribution in [1.82, 2.24) is 0 Å². The van der Waals surface area contributed by atoms with Crippen molar-refractivity contribution in [2.45, 2.75) is 6.42 Å². The third kappa shape index (κ3) is 4.25. The fraction of sp³-hybridized carbons (Fsp3) is 0.250. The molecule has 0 aliphatic heterocycles. The summed E-state index contributed by atoms with van der Waals surface area (Å²) in [4.78, 5) is 0. The molecule has 54 valence electrons. The number of nitrogens with one attached hydrogen (secondary N) is 1. The zero-order valence-corrected chi connectivity index (χ0v) is 9.79. The van der Waals surface area contributed by atoms with Crippen LogP contribution in [0.25, 0.3) is 5.73 Å². The van der Waals surface area contributed by atoms with Crippen molar-refractivity contribution in [1.29, 1.82) is 0 Å². The van der Waals surface area contributed by atoms with Crippen molar-refractivity contribution in [2.75, 3.05) is 6.61 Å². The third-order valence-corrected chi connectivity index (χ3v) is 1.35. The van der Waals surface area contributed by atoms with Crippen LogP contribution in [0.1, 0.15) is 5.56 Å². The average molecular weight is 175 g/mol. The van der Waals surface area contributed by atoms with Gasteiger partial charge in [0, 0.05) is 6.61 Å². The summed E-state index contributed by atoms with van der Waals surface area (Å²) >= 11 is 0. The summed E-state index contributed by atoms with van der Waals surface area (Å²) in [6.45, 7) is 0.178. The molecule has 0 heterocycles. The molecule has 1 rings (SSSR count). The number of aliphatic hydroxyl groups is 1. The van der Waals surface area contributed by atoms with E-state index in [1.54, 1.807) is 12.1 Å². The Morgan fingerprint density at radius 3 is 2.18 bits per heavy atom. The normalized spacial score (nSPS) is 8.82. The number of rotatable bonds is 2. The molecule has 0 saturated carbocycles. The molecule has 0 amide bonds. The first kappa shape index (κ1) is 11.6. The van der Waals surface area contributed by atoms with Crippen LogP contribution in [0.2, 0.25) is 0 Å². The molecule has 0 radical (unpaired) electrons. The summed E-state index contributed by atoms with van der Waals surface area (Å²) in [5.74, 6) is 0. The number of hydrogen-bond acceptors (Lipinski definition) is 1. The van der Waals surface area contributed by atoms with Crippen LogP contribution in [0, 0.1) is 0 Å². The quantitative estimate of drug-likeness (QED) is 0.570. The minimum atomic E-state index is 0. The molecular weight excluding hydrogens is 165 g/mol. The average Bonchev–Trinajstić information content (AvgIpc) is 1.95. The van der Waals surface area contributed by atoms with Gasteiger partial charge in [-0.05, 0) is 12.0 Å². The van der Waals surface area contributed by atoms with Crippen LogP contribution in [-0.4, -0.2) is 11.7 Å². The van der Waals surface area contributed by atoms with Gasteiger partial charge >= 0.3 is 51.4 Å². The van der Waals surface area contributed by atoms with E-state index in [2.05, 4.69) is 0 Å². The Balaban J connectivity index is 0.000001000. The van der Waals surface area contributed by atoms with E-state index in [0.29, 0.717) is 12.1 Å². The monoisotopic (exact) mass is 175 g/mol. The van der Waals surface area contributed by atoms with E-state index in [4.69, 9.17) is 10.8 Å². The molecule has 0 aliphatic carbocycles. The Kier molecular flexibility index (Phi) is 6.51. The van der Waals surface area contributed by atoms with Crippen molar-refractivity contribution in [3.05, 3.63) is 35.6 Å². The largest absolute Gasteiger partial charge is 1.00 e. The van der Waals surface area contributed by atoms with Gasteiger partial charge in [0.25, 0.3) is 0 Å².